The number of rotatable bonds is 3. The van der Waals surface area contributed by atoms with Crippen molar-refractivity contribution in [3.8, 4) is 0 Å². The molecule has 1 aromatic rings. The molecule has 2 rings (SSSR count). The van der Waals surface area contributed by atoms with E-state index in [-0.39, 0.29) is 12.4 Å². The van der Waals surface area contributed by atoms with E-state index in [9.17, 15) is 9.59 Å². The van der Waals surface area contributed by atoms with Crippen molar-refractivity contribution in [2.75, 3.05) is 7.11 Å². The SMILES string of the molecule is COC(=O)C1(Sc2ccncc2)CCC(=O)O1. The molecule has 1 fully saturated rings. The number of esters is 2. The van der Waals surface area contributed by atoms with Crippen molar-refractivity contribution in [2.24, 2.45) is 0 Å². The maximum absolute atomic E-state index is 11.8. The van der Waals surface area contributed by atoms with Gasteiger partial charge in [-0.2, -0.15) is 0 Å². The molecule has 1 aliphatic heterocycles. The van der Waals surface area contributed by atoms with Gasteiger partial charge in [-0.15, -0.1) is 0 Å². The maximum atomic E-state index is 11.8. The highest BCUT2D eigenvalue weighted by Crippen LogP contribution is 2.42. The van der Waals surface area contributed by atoms with Crippen molar-refractivity contribution >= 4 is 23.7 Å². The summed E-state index contributed by atoms with van der Waals surface area (Å²) in [6.45, 7) is 0. The molecule has 0 radical (unpaired) electrons. The van der Waals surface area contributed by atoms with Gasteiger partial charge >= 0.3 is 11.9 Å². The van der Waals surface area contributed by atoms with Crippen LogP contribution in [-0.2, 0) is 19.1 Å². The van der Waals surface area contributed by atoms with Crippen molar-refractivity contribution in [3.05, 3.63) is 24.5 Å². The van der Waals surface area contributed by atoms with Crippen LogP contribution in [0.15, 0.2) is 29.4 Å². The van der Waals surface area contributed by atoms with Gasteiger partial charge in [0.25, 0.3) is 4.93 Å². The van der Waals surface area contributed by atoms with E-state index in [4.69, 9.17) is 9.47 Å². The van der Waals surface area contributed by atoms with Gasteiger partial charge in [0.2, 0.25) is 0 Å². The molecule has 0 spiro atoms. The fourth-order valence-electron chi connectivity index (χ4n) is 1.56. The third-order valence-corrected chi connectivity index (χ3v) is 3.66. The lowest BCUT2D eigenvalue weighted by Crippen LogP contribution is -2.35. The number of cyclic esters (lactones) is 1. The first kappa shape index (κ1) is 11.9. The number of hydrogen-bond donors (Lipinski definition) is 0. The number of nitrogens with zero attached hydrogens (tertiary/aromatic N) is 1. The van der Waals surface area contributed by atoms with Crippen molar-refractivity contribution in [1.29, 1.82) is 0 Å². The third-order valence-electron chi connectivity index (χ3n) is 2.37. The highest BCUT2D eigenvalue weighted by Gasteiger charge is 2.49. The maximum Gasteiger partial charge on any atom is 0.361 e. The van der Waals surface area contributed by atoms with Crippen molar-refractivity contribution in [1.82, 2.24) is 4.98 Å². The summed E-state index contributed by atoms with van der Waals surface area (Å²) in [6.07, 6.45) is 3.78. The van der Waals surface area contributed by atoms with Gasteiger partial charge in [-0.05, 0) is 12.1 Å². The average Bonchev–Trinajstić information content (AvgIpc) is 2.72. The lowest BCUT2D eigenvalue weighted by atomic mass is 10.2. The molecule has 1 unspecified atom stereocenters. The molecule has 90 valence electrons. The Bertz CT molecular complexity index is 436. The van der Waals surface area contributed by atoms with Crippen LogP contribution in [0.1, 0.15) is 12.8 Å². The van der Waals surface area contributed by atoms with Crippen molar-refractivity contribution in [3.63, 3.8) is 0 Å². The van der Waals surface area contributed by atoms with Crippen LogP contribution in [0.5, 0.6) is 0 Å². The number of aromatic nitrogens is 1. The number of methoxy groups -OCH3 is 1. The van der Waals surface area contributed by atoms with Gasteiger partial charge < -0.3 is 9.47 Å². The Hall–Kier alpha value is -1.56. The molecule has 1 saturated heterocycles. The molecule has 0 N–H and O–H groups in total. The molecule has 6 heteroatoms. The van der Waals surface area contributed by atoms with Crippen LogP contribution in [0.4, 0.5) is 0 Å². The van der Waals surface area contributed by atoms with Crippen LogP contribution >= 0.6 is 11.8 Å². The van der Waals surface area contributed by atoms with Crippen LogP contribution in [0.2, 0.25) is 0 Å². The minimum atomic E-state index is -1.24. The quantitative estimate of drug-likeness (QED) is 0.758. The summed E-state index contributed by atoms with van der Waals surface area (Å²) in [7, 11) is 1.28. The smallest absolute Gasteiger partial charge is 0.361 e. The van der Waals surface area contributed by atoms with Crippen LogP contribution in [0, 0.1) is 0 Å². The minimum absolute atomic E-state index is 0.229. The van der Waals surface area contributed by atoms with Crippen molar-refractivity contribution < 1.29 is 19.1 Å². The molecule has 5 nitrogen and oxygen atoms in total. The Morgan fingerprint density at radius 2 is 2.24 bits per heavy atom. The third kappa shape index (κ3) is 2.41. The zero-order valence-corrected chi connectivity index (χ0v) is 10.0. The minimum Gasteiger partial charge on any atom is -0.465 e. The Labute approximate surface area is 103 Å². The van der Waals surface area contributed by atoms with Gasteiger partial charge in [-0.1, -0.05) is 11.8 Å². The normalized spacial score (nSPS) is 23.2. The summed E-state index contributed by atoms with van der Waals surface area (Å²) in [6, 6.07) is 3.50. The summed E-state index contributed by atoms with van der Waals surface area (Å²) in [5, 5.41) is 0. The Kier molecular flexibility index (Phi) is 3.33. The van der Waals surface area contributed by atoms with Crippen LogP contribution < -0.4 is 0 Å². The molecule has 0 amide bonds. The first-order valence-electron chi connectivity index (χ1n) is 5.05. The molecular weight excluding hydrogens is 242 g/mol. The first-order chi connectivity index (χ1) is 8.16. The van der Waals surface area contributed by atoms with Gasteiger partial charge in [0.1, 0.15) is 0 Å². The van der Waals surface area contributed by atoms with E-state index in [1.54, 1.807) is 24.5 Å². The van der Waals surface area contributed by atoms with Gasteiger partial charge in [-0.3, -0.25) is 9.78 Å². The van der Waals surface area contributed by atoms with E-state index in [0.717, 1.165) is 4.90 Å². The number of carbonyl (C=O) groups is 2. The molecule has 0 saturated carbocycles. The molecule has 1 aliphatic rings. The average molecular weight is 253 g/mol. The summed E-state index contributed by atoms with van der Waals surface area (Å²) in [5.74, 6) is -0.915. The first-order valence-corrected chi connectivity index (χ1v) is 5.87. The summed E-state index contributed by atoms with van der Waals surface area (Å²) >= 11 is 1.18. The number of pyridine rings is 1. The fraction of sp³-hybridized carbons (Fsp3) is 0.364. The molecule has 1 aromatic heterocycles. The van der Waals surface area contributed by atoms with Gasteiger partial charge in [0, 0.05) is 23.7 Å². The monoisotopic (exact) mass is 253 g/mol. The predicted molar refractivity (Wildman–Crippen MR) is 60.2 cm³/mol. The summed E-state index contributed by atoms with van der Waals surface area (Å²) < 4.78 is 9.84. The number of carbonyl (C=O) groups excluding carboxylic acids is 2. The molecule has 0 aliphatic carbocycles. The van der Waals surface area contributed by atoms with E-state index >= 15 is 0 Å². The highest BCUT2D eigenvalue weighted by atomic mass is 32.2. The molecule has 0 bridgehead atoms. The van der Waals surface area contributed by atoms with Crippen LogP contribution in [0.3, 0.4) is 0 Å². The van der Waals surface area contributed by atoms with Crippen LogP contribution in [-0.4, -0.2) is 29.0 Å². The second-order valence-corrected chi connectivity index (χ2v) is 4.84. The molecule has 17 heavy (non-hydrogen) atoms. The topological polar surface area (TPSA) is 65.5 Å². The Morgan fingerprint density at radius 3 is 2.76 bits per heavy atom. The number of thioether (sulfide) groups is 1. The lowest BCUT2D eigenvalue weighted by molar-refractivity contribution is -0.162. The van der Waals surface area contributed by atoms with Gasteiger partial charge in [0.15, 0.2) is 0 Å². The second kappa shape index (κ2) is 4.75. The van der Waals surface area contributed by atoms with E-state index < -0.39 is 10.9 Å². The van der Waals surface area contributed by atoms with E-state index in [0.29, 0.717) is 6.42 Å². The number of hydrogen-bond acceptors (Lipinski definition) is 6. The second-order valence-electron chi connectivity index (χ2n) is 3.50. The lowest BCUT2D eigenvalue weighted by Gasteiger charge is -2.23. The Morgan fingerprint density at radius 1 is 1.53 bits per heavy atom. The zero-order valence-electron chi connectivity index (χ0n) is 9.21. The Balaban J connectivity index is 2.23. The molecule has 1 atom stereocenters. The van der Waals surface area contributed by atoms with E-state index in [1.807, 2.05) is 0 Å². The standard InChI is InChI=1S/C11H11NO4S/c1-15-10(14)11(5-2-9(13)16-11)17-8-3-6-12-7-4-8/h3-4,6-7H,2,5H2,1H3. The number of ether oxygens (including phenoxy) is 2. The van der Waals surface area contributed by atoms with Gasteiger partial charge in [0.05, 0.1) is 13.5 Å². The van der Waals surface area contributed by atoms with Crippen LogP contribution in [0.25, 0.3) is 0 Å². The fourth-order valence-corrected chi connectivity index (χ4v) is 2.71. The summed E-state index contributed by atoms with van der Waals surface area (Å²) in [4.78, 5) is 26.4. The zero-order chi connectivity index (χ0) is 12.3. The molecule has 0 aromatic carbocycles. The largest absolute Gasteiger partial charge is 0.465 e. The van der Waals surface area contributed by atoms with Crippen molar-refractivity contribution in [2.45, 2.75) is 22.7 Å². The van der Waals surface area contributed by atoms with Gasteiger partial charge in [-0.25, -0.2) is 4.79 Å². The van der Waals surface area contributed by atoms with E-state index in [1.165, 1.54) is 18.9 Å². The molecule has 2 heterocycles. The summed E-state index contributed by atoms with van der Waals surface area (Å²) in [5.41, 5.74) is 0. The van der Waals surface area contributed by atoms with E-state index in [2.05, 4.69) is 4.98 Å². The highest BCUT2D eigenvalue weighted by molar-refractivity contribution is 8.01. The molecular formula is C11H11NO4S. The predicted octanol–water partition coefficient (Wildman–Crippen LogP) is 1.38.